The lowest BCUT2D eigenvalue weighted by Crippen LogP contribution is -2.33. The van der Waals surface area contributed by atoms with Gasteiger partial charge in [0, 0.05) is 10.2 Å². The monoisotopic (exact) mass is 477 g/mol. The largest absolute Gasteiger partial charge is 0.416 e. The fourth-order valence-corrected chi connectivity index (χ4v) is 3.12. The minimum absolute atomic E-state index is 0.0741. The zero-order valence-electron chi connectivity index (χ0n) is 15.3. The highest BCUT2D eigenvalue weighted by Crippen LogP contribution is 2.29. The first kappa shape index (κ1) is 21.4. The van der Waals surface area contributed by atoms with Crippen LogP contribution in [0.4, 0.5) is 18.9 Å². The number of aromatic amines is 1. The first-order valence-electron chi connectivity index (χ1n) is 8.59. The van der Waals surface area contributed by atoms with Gasteiger partial charge in [0.15, 0.2) is 0 Å². The Morgan fingerprint density at radius 1 is 0.900 bits per heavy atom. The van der Waals surface area contributed by atoms with Crippen molar-refractivity contribution < 1.29 is 13.2 Å². The summed E-state index contributed by atoms with van der Waals surface area (Å²) in [7, 11) is 0. The summed E-state index contributed by atoms with van der Waals surface area (Å²) in [6, 6.07) is 17.8. The molecule has 1 aromatic heterocycles. The average molecular weight is 478 g/mol. The summed E-state index contributed by atoms with van der Waals surface area (Å²) in [4.78, 5) is 26.9. The molecule has 4 rings (SSSR count). The molecule has 5 nitrogen and oxygen atoms in total. The molecule has 30 heavy (non-hydrogen) atoms. The van der Waals surface area contributed by atoms with E-state index in [0.29, 0.717) is 5.52 Å². The Morgan fingerprint density at radius 3 is 2.13 bits per heavy atom. The second-order valence-electron chi connectivity index (χ2n) is 6.22. The van der Waals surface area contributed by atoms with Gasteiger partial charge in [-0.05, 0) is 54.6 Å². The summed E-state index contributed by atoms with van der Waals surface area (Å²) in [5.41, 5.74) is 4.53. The zero-order chi connectivity index (χ0) is 21.9. The van der Waals surface area contributed by atoms with Crippen LogP contribution in [0.1, 0.15) is 5.56 Å². The van der Waals surface area contributed by atoms with Crippen LogP contribution in [0.5, 0.6) is 0 Å². The highest BCUT2D eigenvalue weighted by Gasteiger charge is 2.30. The van der Waals surface area contributed by atoms with E-state index in [1.807, 2.05) is 24.3 Å². The quantitative estimate of drug-likeness (QED) is 0.389. The molecule has 0 saturated heterocycles. The van der Waals surface area contributed by atoms with Crippen molar-refractivity contribution in [1.82, 2.24) is 9.55 Å². The molecule has 0 aliphatic carbocycles. The van der Waals surface area contributed by atoms with Crippen LogP contribution in [0, 0.1) is 0 Å². The van der Waals surface area contributed by atoms with Gasteiger partial charge in [-0.25, -0.2) is 9.36 Å². The van der Waals surface area contributed by atoms with Crippen LogP contribution < -0.4 is 17.0 Å². The summed E-state index contributed by atoms with van der Waals surface area (Å²) in [5, 5.41) is 0.280. The van der Waals surface area contributed by atoms with Gasteiger partial charge in [0.25, 0.3) is 5.56 Å². The van der Waals surface area contributed by atoms with Crippen molar-refractivity contribution in [2.45, 2.75) is 6.18 Å². The second-order valence-corrected chi connectivity index (χ2v) is 7.13. The molecular formula is C21H15BrF3N3O2. The minimum Gasteiger partial charge on any atom is -0.399 e. The standard InChI is InChI=1S/C15H9F3N2O2.C6H6BrN/c16-15(17,18)9-5-7-10(8-6-9)20-13(21)11-3-1-2-4-12(11)19-14(20)22;7-5-2-1-3-6(8)4-5/h1-8H,(H,19,22);1-4H,8H2. The molecule has 3 aromatic carbocycles. The molecule has 9 heteroatoms. The molecule has 0 unspecified atom stereocenters. The number of H-pyrrole nitrogens is 1. The lowest BCUT2D eigenvalue weighted by Gasteiger charge is -2.09. The van der Waals surface area contributed by atoms with Crippen molar-refractivity contribution >= 4 is 32.5 Å². The molecular weight excluding hydrogens is 463 g/mol. The molecule has 0 amide bonds. The number of nitrogens with two attached hydrogens (primary N) is 1. The number of fused-ring (bicyclic) bond motifs is 1. The van der Waals surface area contributed by atoms with E-state index in [1.165, 1.54) is 6.07 Å². The van der Waals surface area contributed by atoms with E-state index in [9.17, 15) is 22.8 Å². The van der Waals surface area contributed by atoms with E-state index in [1.54, 1.807) is 18.2 Å². The first-order valence-corrected chi connectivity index (χ1v) is 9.39. The Morgan fingerprint density at radius 2 is 1.57 bits per heavy atom. The first-order chi connectivity index (χ1) is 14.2. The Bertz CT molecular complexity index is 1280. The van der Waals surface area contributed by atoms with E-state index in [4.69, 9.17) is 5.73 Å². The van der Waals surface area contributed by atoms with Gasteiger partial charge < -0.3 is 10.7 Å². The molecule has 3 N–H and O–H groups in total. The number of aromatic nitrogens is 2. The molecule has 0 spiro atoms. The van der Waals surface area contributed by atoms with Gasteiger partial charge in [-0.1, -0.05) is 34.1 Å². The number of rotatable bonds is 1. The predicted octanol–water partition coefficient (Wildman–Crippen LogP) is 4.73. The maximum absolute atomic E-state index is 12.6. The number of alkyl halides is 3. The van der Waals surface area contributed by atoms with Crippen molar-refractivity contribution in [3.63, 3.8) is 0 Å². The molecule has 1 heterocycles. The Balaban J connectivity index is 0.000000269. The molecule has 0 radical (unpaired) electrons. The maximum atomic E-state index is 12.6. The number of hydrogen-bond donors (Lipinski definition) is 2. The predicted molar refractivity (Wildman–Crippen MR) is 114 cm³/mol. The summed E-state index contributed by atoms with van der Waals surface area (Å²) >= 11 is 3.28. The van der Waals surface area contributed by atoms with E-state index in [-0.39, 0.29) is 11.1 Å². The number of para-hydroxylation sites is 1. The summed E-state index contributed by atoms with van der Waals surface area (Å²) in [6.45, 7) is 0. The lowest BCUT2D eigenvalue weighted by molar-refractivity contribution is -0.137. The maximum Gasteiger partial charge on any atom is 0.416 e. The van der Waals surface area contributed by atoms with Crippen molar-refractivity contribution in [1.29, 1.82) is 0 Å². The van der Waals surface area contributed by atoms with Crippen LogP contribution in [-0.2, 0) is 6.18 Å². The van der Waals surface area contributed by atoms with Crippen LogP contribution in [0.15, 0.2) is 86.9 Å². The van der Waals surface area contributed by atoms with Crippen LogP contribution in [0.25, 0.3) is 16.6 Å². The smallest absolute Gasteiger partial charge is 0.399 e. The van der Waals surface area contributed by atoms with Gasteiger partial charge in [0.1, 0.15) is 0 Å². The number of nitrogens with one attached hydrogen (secondary N) is 1. The average Bonchev–Trinajstić information content (AvgIpc) is 2.68. The van der Waals surface area contributed by atoms with Crippen LogP contribution in [-0.4, -0.2) is 9.55 Å². The number of hydrogen-bond acceptors (Lipinski definition) is 3. The number of nitrogens with zero attached hydrogens (tertiary/aromatic N) is 1. The van der Waals surface area contributed by atoms with Crippen molar-refractivity contribution in [2.24, 2.45) is 0 Å². The van der Waals surface area contributed by atoms with Crippen molar-refractivity contribution in [3.05, 3.63) is 104 Å². The fraction of sp³-hybridized carbons (Fsp3) is 0.0476. The second kappa shape index (κ2) is 8.58. The molecule has 0 aliphatic rings. The summed E-state index contributed by atoms with van der Waals surface area (Å²) in [5.74, 6) is 0. The highest BCUT2D eigenvalue weighted by molar-refractivity contribution is 9.10. The lowest BCUT2D eigenvalue weighted by atomic mass is 10.2. The molecule has 4 aromatic rings. The number of benzene rings is 3. The number of anilines is 1. The Kier molecular flexibility index (Phi) is 6.12. The normalized spacial score (nSPS) is 11.1. The molecule has 154 valence electrons. The molecule has 0 fully saturated rings. The fourth-order valence-electron chi connectivity index (χ4n) is 2.70. The SMILES string of the molecule is Nc1cccc(Br)c1.O=c1[nH]c2ccccc2c(=O)n1-c1ccc(C(F)(F)F)cc1. The van der Waals surface area contributed by atoms with Gasteiger partial charge in [-0.2, -0.15) is 13.2 Å². The third-order valence-electron chi connectivity index (χ3n) is 4.11. The number of nitrogen functional groups attached to an aromatic ring is 1. The highest BCUT2D eigenvalue weighted by atomic mass is 79.9. The van der Waals surface area contributed by atoms with Crippen LogP contribution >= 0.6 is 15.9 Å². The third-order valence-corrected chi connectivity index (χ3v) is 4.60. The van der Waals surface area contributed by atoms with Crippen molar-refractivity contribution in [2.75, 3.05) is 5.73 Å². The van der Waals surface area contributed by atoms with E-state index >= 15 is 0 Å². The van der Waals surface area contributed by atoms with Gasteiger partial charge in [0.2, 0.25) is 0 Å². The molecule has 0 saturated carbocycles. The van der Waals surface area contributed by atoms with Gasteiger partial charge in [-0.3, -0.25) is 4.79 Å². The van der Waals surface area contributed by atoms with Gasteiger partial charge in [0.05, 0.1) is 22.2 Å². The van der Waals surface area contributed by atoms with Crippen molar-refractivity contribution in [3.8, 4) is 5.69 Å². The topological polar surface area (TPSA) is 80.9 Å². The Hall–Kier alpha value is -3.33. The van der Waals surface area contributed by atoms with E-state index < -0.39 is 23.0 Å². The minimum atomic E-state index is -4.47. The van der Waals surface area contributed by atoms with E-state index in [0.717, 1.165) is 39.0 Å². The van der Waals surface area contributed by atoms with Gasteiger partial charge in [-0.15, -0.1) is 0 Å². The third kappa shape index (κ3) is 4.80. The zero-order valence-corrected chi connectivity index (χ0v) is 16.9. The summed E-state index contributed by atoms with van der Waals surface area (Å²) in [6.07, 6.45) is -4.47. The van der Waals surface area contributed by atoms with Crippen LogP contribution in [0.2, 0.25) is 0 Å². The van der Waals surface area contributed by atoms with E-state index in [2.05, 4.69) is 20.9 Å². The van der Waals surface area contributed by atoms with Crippen LogP contribution in [0.3, 0.4) is 0 Å². The van der Waals surface area contributed by atoms with Gasteiger partial charge >= 0.3 is 11.9 Å². The molecule has 0 bridgehead atoms. The Labute approximate surface area is 176 Å². The molecule has 0 atom stereocenters. The summed E-state index contributed by atoms with van der Waals surface area (Å²) < 4.78 is 39.5. The molecule has 0 aliphatic heterocycles. The number of halogens is 4.